The molecule has 0 aliphatic carbocycles. The molecule has 0 N–H and O–H groups in total. The highest BCUT2D eigenvalue weighted by molar-refractivity contribution is 6.13. The Balaban J connectivity index is 0.724. The van der Waals surface area contributed by atoms with Crippen molar-refractivity contribution in [2.45, 2.75) is 0 Å². The maximum Gasteiger partial charge on any atom is 0.164 e. The number of nitrogens with zero attached hydrogens (tertiary/aromatic N) is 19. The van der Waals surface area contributed by atoms with Crippen LogP contribution in [0.25, 0.3) is 237 Å². The molecule has 16 aromatic carbocycles. The second-order valence-electron chi connectivity index (χ2n) is 31.7. The molecule has 0 atom stereocenters. The fourth-order valence-electron chi connectivity index (χ4n) is 17.0. The first kappa shape index (κ1) is 77.9. The Labute approximate surface area is 756 Å². The Bertz CT molecular complexity index is 7910. The molecule has 0 aliphatic rings. The summed E-state index contributed by atoms with van der Waals surface area (Å²) in [5.74, 6) is 7.16. The molecule has 0 fully saturated rings. The van der Waals surface area contributed by atoms with Gasteiger partial charge >= 0.3 is 0 Å². The van der Waals surface area contributed by atoms with Crippen LogP contribution < -0.4 is 0 Å². The second kappa shape index (κ2) is 33.6. The molecule has 0 bridgehead atoms. The molecule has 132 heavy (non-hydrogen) atoms. The third kappa shape index (κ3) is 14.9. The first-order valence-corrected chi connectivity index (χ1v) is 42.9. The van der Waals surface area contributed by atoms with E-state index in [9.17, 15) is 10.5 Å². The zero-order valence-corrected chi connectivity index (χ0v) is 70.2. The molecular weight excluding hydrogens is 1620 g/mol. The molecule has 0 unspecified atom stereocenters. The Kier molecular flexibility index (Phi) is 19.8. The van der Waals surface area contributed by atoms with Crippen molar-refractivity contribution in [1.29, 1.82) is 10.5 Å². The predicted octanol–water partition coefficient (Wildman–Crippen LogP) is 25.2. The molecule has 0 saturated carbocycles. The first-order chi connectivity index (χ1) is 65.3. The van der Waals surface area contributed by atoms with Crippen molar-refractivity contribution in [1.82, 2.24) is 83.9 Å². The summed E-state index contributed by atoms with van der Waals surface area (Å²) in [4.78, 5) is 78.5. The number of fused-ring (bicyclic) bond motifs is 6. The van der Waals surface area contributed by atoms with E-state index < -0.39 is 0 Å². The minimum absolute atomic E-state index is 0.337. The van der Waals surface area contributed by atoms with Crippen molar-refractivity contribution >= 4 is 43.6 Å². The van der Waals surface area contributed by atoms with Gasteiger partial charge in [0.15, 0.2) is 87.4 Å². The summed E-state index contributed by atoms with van der Waals surface area (Å²) in [6.07, 6.45) is 0. The minimum Gasteiger partial charge on any atom is -0.309 e. The molecule has 7 heterocycles. The summed E-state index contributed by atoms with van der Waals surface area (Å²) in [7, 11) is 0. The Morgan fingerprint density at radius 2 is 0.364 bits per heavy atom. The highest BCUT2D eigenvalue weighted by atomic mass is 15.1. The van der Waals surface area contributed by atoms with Crippen LogP contribution >= 0.6 is 0 Å². The van der Waals surface area contributed by atoms with Gasteiger partial charge in [-0.15, -0.1) is 0 Å². The fraction of sp³-hybridized carbons (Fsp3) is 0. The van der Waals surface area contributed by atoms with Gasteiger partial charge in [0.2, 0.25) is 0 Å². The van der Waals surface area contributed by atoms with E-state index in [1.165, 1.54) is 0 Å². The molecule has 7 aromatic heterocycles. The predicted molar refractivity (Wildman–Crippen MR) is 518 cm³/mol. The van der Waals surface area contributed by atoms with Crippen molar-refractivity contribution < 1.29 is 0 Å². The molecule has 0 radical (unpaired) electrons. The van der Waals surface area contributed by atoms with Crippen LogP contribution in [0.2, 0.25) is 0 Å². The Morgan fingerprint density at radius 3 is 0.606 bits per heavy atom. The summed E-state index contributed by atoms with van der Waals surface area (Å²) in [6, 6.07) is 139. The number of hydrogen-bond acceptors (Lipinski definition) is 17. The number of hydrogen-bond donors (Lipinski definition) is 0. The van der Waals surface area contributed by atoms with E-state index in [0.717, 1.165) is 133 Å². The molecular formula is C113H67N19. The van der Waals surface area contributed by atoms with E-state index in [4.69, 9.17) is 74.8 Å². The van der Waals surface area contributed by atoms with Gasteiger partial charge in [0, 0.05) is 111 Å². The molecule has 19 nitrogen and oxygen atoms in total. The van der Waals surface area contributed by atoms with Crippen LogP contribution in [0.4, 0.5) is 0 Å². The number of nitriles is 2. The molecule has 19 heteroatoms. The highest BCUT2D eigenvalue weighted by Gasteiger charge is 2.27. The van der Waals surface area contributed by atoms with E-state index in [2.05, 4.69) is 94.1 Å². The second-order valence-corrected chi connectivity index (χ2v) is 31.7. The average Bonchev–Trinajstić information content (AvgIpc) is 1.56. The van der Waals surface area contributed by atoms with E-state index in [1.54, 1.807) is 0 Å². The standard InChI is InChI=1S/C113H67N19/c114-68-70-29-28-48-80(61-70)88-56-51-86(67-98(88)132-95-59-54-83(110-124-103(75-38-18-5-19-39-75)118-104(125-110)76-40-20-6-21-41-76)64-91(95)92-65-84(55-60-96(92)132)111-126-105(77-42-22-7-23-43-77)119-106(127-111)78-44-24-8-25-45-78)113-129-107(79-46-26-9-27-47-79)128-112(130-113)85-49-50-87(69-115)97(66-85)131-93-57-52-81(108-120-99(71-30-10-1-11-31-71)116-100(121-108)72-32-12-2-13-33-72)62-89(93)90-63-82(53-58-94(90)131)109-122-101(73-34-14-3-15-35-73)117-102(123-109)74-36-16-4-17-37-74/h1-67H. The fourth-order valence-corrected chi connectivity index (χ4v) is 17.0. The molecule has 0 amide bonds. The smallest absolute Gasteiger partial charge is 0.164 e. The van der Waals surface area contributed by atoms with Gasteiger partial charge in [0.05, 0.1) is 50.6 Å². The summed E-state index contributed by atoms with van der Waals surface area (Å²) in [5, 5.41) is 25.6. The maximum atomic E-state index is 11.6. The van der Waals surface area contributed by atoms with E-state index in [0.29, 0.717) is 115 Å². The van der Waals surface area contributed by atoms with E-state index in [1.807, 2.05) is 334 Å². The van der Waals surface area contributed by atoms with Crippen molar-refractivity contribution in [3.8, 4) is 205 Å². The van der Waals surface area contributed by atoms with Crippen LogP contribution in [0, 0.1) is 22.7 Å². The quantitative estimate of drug-likeness (QED) is 0.0774. The molecule has 0 saturated heterocycles. The van der Waals surface area contributed by atoms with Crippen molar-refractivity contribution in [2.24, 2.45) is 0 Å². The van der Waals surface area contributed by atoms with Gasteiger partial charge in [-0.2, -0.15) is 10.5 Å². The Hall–Kier alpha value is -18.9. The van der Waals surface area contributed by atoms with Crippen LogP contribution in [0.5, 0.6) is 0 Å². The van der Waals surface area contributed by atoms with Crippen molar-refractivity contribution in [3.05, 3.63) is 418 Å². The lowest BCUT2D eigenvalue weighted by Crippen LogP contribution is -2.04. The molecule has 614 valence electrons. The lowest BCUT2D eigenvalue weighted by Gasteiger charge is -2.17. The van der Waals surface area contributed by atoms with Gasteiger partial charge < -0.3 is 9.13 Å². The number of benzene rings is 16. The zero-order valence-electron chi connectivity index (χ0n) is 70.2. The lowest BCUT2D eigenvalue weighted by molar-refractivity contribution is 1.07. The van der Waals surface area contributed by atoms with Gasteiger partial charge in [-0.1, -0.05) is 297 Å². The third-order valence-electron chi connectivity index (χ3n) is 23.4. The monoisotopic (exact) mass is 1690 g/mol. The maximum absolute atomic E-state index is 11.6. The highest BCUT2D eigenvalue weighted by Crippen LogP contribution is 2.45. The Morgan fingerprint density at radius 1 is 0.159 bits per heavy atom. The first-order valence-electron chi connectivity index (χ1n) is 42.9. The van der Waals surface area contributed by atoms with Crippen LogP contribution in [0.15, 0.2) is 406 Å². The van der Waals surface area contributed by atoms with Crippen LogP contribution in [0.3, 0.4) is 0 Å². The normalized spacial score (nSPS) is 11.3. The van der Waals surface area contributed by atoms with Crippen molar-refractivity contribution in [3.63, 3.8) is 0 Å². The number of aromatic nitrogens is 17. The largest absolute Gasteiger partial charge is 0.309 e. The van der Waals surface area contributed by atoms with Crippen LogP contribution in [0.1, 0.15) is 11.1 Å². The number of rotatable bonds is 18. The zero-order chi connectivity index (χ0) is 88.0. The topological polar surface area (TPSA) is 251 Å². The van der Waals surface area contributed by atoms with Crippen LogP contribution in [-0.4, -0.2) is 83.9 Å². The molecule has 0 spiro atoms. The average molecular weight is 1690 g/mol. The summed E-state index contributed by atoms with van der Waals surface area (Å²) in [6.45, 7) is 0. The minimum atomic E-state index is 0.337. The SMILES string of the molecule is N#Cc1cccc(-c2ccc(-c3nc(-c4ccccc4)nc(-c4ccc(C#N)c(-n5c6ccc(-c7nc(-c8ccccc8)nc(-c8ccccc8)n7)cc6c6cc(-c7nc(-c8ccccc8)nc(-c8ccccc8)n7)ccc65)c4)n3)cc2-n2c3ccc(-c4nc(-c5ccccc5)nc(-c5ccccc5)n4)cc3c3cc(-c4nc(-c5ccccc5)nc(-c5ccccc5)n4)ccc32)c1. The third-order valence-corrected chi connectivity index (χ3v) is 23.4. The van der Waals surface area contributed by atoms with Crippen LogP contribution in [-0.2, 0) is 0 Å². The molecule has 0 aliphatic heterocycles. The van der Waals surface area contributed by atoms with Gasteiger partial charge in [0.1, 0.15) is 6.07 Å². The van der Waals surface area contributed by atoms with Gasteiger partial charge in [-0.3, -0.25) is 0 Å². The van der Waals surface area contributed by atoms with E-state index >= 15 is 0 Å². The van der Waals surface area contributed by atoms with E-state index in [-0.39, 0.29) is 0 Å². The molecule has 23 rings (SSSR count). The molecule has 23 aromatic rings. The summed E-state index contributed by atoms with van der Waals surface area (Å²) < 4.78 is 4.39. The van der Waals surface area contributed by atoms with Crippen molar-refractivity contribution in [2.75, 3.05) is 0 Å². The lowest BCUT2D eigenvalue weighted by atomic mass is 9.99. The van der Waals surface area contributed by atoms with Gasteiger partial charge in [-0.25, -0.2) is 74.8 Å². The summed E-state index contributed by atoms with van der Waals surface area (Å²) >= 11 is 0. The van der Waals surface area contributed by atoms with Gasteiger partial charge in [0.25, 0.3) is 0 Å². The summed E-state index contributed by atoms with van der Waals surface area (Å²) in [5.41, 5.74) is 18.6. The van der Waals surface area contributed by atoms with Gasteiger partial charge in [-0.05, 0) is 115 Å².